The normalized spacial score (nSPS) is 14.4. The summed E-state index contributed by atoms with van der Waals surface area (Å²) < 4.78 is 0. The Morgan fingerprint density at radius 1 is 1.41 bits per heavy atom. The van der Waals surface area contributed by atoms with Gasteiger partial charge in [-0.3, -0.25) is 0 Å². The molecular weight excluding hydrogens is 288 g/mol. The summed E-state index contributed by atoms with van der Waals surface area (Å²) in [5, 5.41) is 29.2. The third-order valence-electron chi connectivity index (χ3n) is 2.53. The van der Waals surface area contributed by atoms with E-state index in [1.807, 2.05) is 0 Å². The predicted octanol–water partition coefficient (Wildman–Crippen LogP) is 1.87. The van der Waals surface area contributed by atoms with E-state index in [4.69, 9.17) is 5.11 Å². The van der Waals surface area contributed by atoms with Crippen molar-refractivity contribution in [1.29, 1.82) is 0 Å². The van der Waals surface area contributed by atoms with Gasteiger partial charge in [0.2, 0.25) is 0 Å². The van der Waals surface area contributed by atoms with Crippen LogP contribution in [0.2, 0.25) is 0 Å². The SMILES string of the molecule is Cc1ccc(C(=O)O)c(C(O)C(O)CCBr)c1. The maximum absolute atomic E-state index is 11.0. The average molecular weight is 303 g/mol. The van der Waals surface area contributed by atoms with Crippen LogP contribution in [0, 0.1) is 6.92 Å². The molecule has 0 aromatic heterocycles. The Morgan fingerprint density at radius 2 is 2.06 bits per heavy atom. The number of aryl methyl sites for hydroxylation is 1. The van der Waals surface area contributed by atoms with Crippen molar-refractivity contribution >= 4 is 21.9 Å². The Morgan fingerprint density at radius 3 is 2.59 bits per heavy atom. The van der Waals surface area contributed by atoms with Gasteiger partial charge in [0.25, 0.3) is 0 Å². The molecule has 0 aliphatic heterocycles. The number of hydrogen-bond acceptors (Lipinski definition) is 3. The van der Waals surface area contributed by atoms with E-state index in [0.29, 0.717) is 11.8 Å². The van der Waals surface area contributed by atoms with Gasteiger partial charge in [0.1, 0.15) is 6.10 Å². The average Bonchev–Trinajstić information content (AvgIpc) is 2.27. The first-order valence-electron chi connectivity index (χ1n) is 5.23. The number of rotatable bonds is 5. The Labute approximate surface area is 108 Å². The van der Waals surface area contributed by atoms with Crippen molar-refractivity contribution in [3.8, 4) is 0 Å². The standard InChI is InChI=1S/C12H15BrO4/c1-7-2-3-8(12(16)17)9(6-7)11(15)10(14)4-5-13/h2-3,6,10-11,14-15H,4-5H2,1H3,(H,16,17). The molecule has 0 fully saturated rings. The van der Waals surface area contributed by atoms with E-state index >= 15 is 0 Å². The number of aromatic carboxylic acids is 1. The minimum atomic E-state index is -1.18. The quantitative estimate of drug-likeness (QED) is 0.726. The maximum atomic E-state index is 11.0. The molecule has 0 radical (unpaired) electrons. The number of carboxylic acid groups (broad SMARTS) is 1. The van der Waals surface area contributed by atoms with Crippen LogP contribution in [0.5, 0.6) is 0 Å². The van der Waals surface area contributed by atoms with E-state index in [1.54, 1.807) is 19.1 Å². The predicted molar refractivity (Wildman–Crippen MR) is 67.5 cm³/mol. The fourth-order valence-corrected chi connectivity index (χ4v) is 2.07. The monoisotopic (exact) mass is 302 g/mol. The van der Waals surface area contributed by atoms with Crippen LogP contribution in [0.25, 0.3) is 0 Å². The lowest BCUT2D eigenvalue weighted by Crippen LogP contribution is -2.21. The summed E-state index contributed by atoms with van der Waals surface area (Å²) in [6.45, 7) is 1.80. The molecule has 0 bridgehead atoms. The number of carbonyl (C=O) groups is 1. The molecule has 1 aromatic rings. The van der Waals surface area contributed by atoms with Crippen molar-refractivity contribution in [2.75, 3.05) is 5.33 Å². The van der Waals surface area contributed by atoms with Crippen molar-refractivity contribution in [2.45, 2.75) is 25.6 Å². The van der Waals surface area contributed by atoms with Gasteiger partial charge in [-0.1, -0.05) is 33.6 Å². The van der Waals surface area contributed by atoms with Crippen LogP contribution in [0.1, 0.15) is 34.0 Å². The lowest BCUT2D eigenvalue weighted by Gasteiger charge is -2.19. The van der Waals surface area contributed by atoms with E-state index in [0.717, 1.165) is 5.56 Å². The van der Waals surface area contributed by atoms with Gasteiger partial charge in [-0.25, -0.2) is 4.79 Å². The molecule has 1 rings (SSSR count). The van der Waals surface area contributed by atoms with Gasteiger partial charge in [0.05, 0.1) is 11.7 Å². The van der Waals surface area contributed by atoms with Gasteiger partial charge in [-0.2, -0.15) is 0 Å². The second-order valence-electron chi connectivity index (χ2n) is 3.89. The van der Waals surface area contributed by atoms with Gasteiger partial charge in [-0.15, -0.1) is 0 Å². The first-order chi connectivity index (χ1) is 7.97. The molecule has 0 saturated carbocycles. The Bertz CT molecular complexity index is 405. The van der Waals surface area contributed by atoms with Crippen LogP contribution in [-0.4, -0.2) is 32.7 Å². The molecule has 5 heteroatoms. The lowest BCUT2D eigenvalue weighted by atomic mass is 9.95. The van der Waals surface area contributed by atoms with Crippen LogP contribution < -0.4 is 0 Å². The van der Waals surface area contributed by atoms with Crippen LogP contribution in [0.15, 0.2) is 18.2 Å². The second kappa shape index (κ2) is 6.14. The molecule has 2 atom stereocenters. The van der Waals surface area contributed by atoms with Crippen LogP contribution in [-0.2, 0) is 0 Å². The highest BCUT2D eigenvalue weighted by atomic mass is 79.9. The number of hydrogen-bond donors (Lipinski definition) is 3. The molecule has 94 valence electrons. The van der Waals surface area contributed by atoms with Gasteiger partial charge in [0.15, 0.2) is 0 Å². The Hall–Kier alpha value is -0.910. The Kier molecular flexibility index (Phi) is 5.11. The number of carboxylic acids is 1. The summed E-state index contributed by atoms with van der Waals surface area (Å²) in [6, 6.07) is 4.69. The molecule has 0 heterocycles. The van der Waals surface area contributed by atoms with Gasteiger partial charge < -0.3 is 15.3 Å². The van der Waals surface area contributed by atoms with Crippen molar-refractivity contribution in [2.24, 2.45) is 0 Å². The van der Waals surface area contributed by atoms with Crippen molar-refractivity contribution in [1.82, 2.24) is 0 Å². The lowest BCUT2D eigenvalue weighted by molar-refractivity contribution is 0.0163. The first-order valence-corrected chi connectivity index (χ1v) is 6.35. The molecule has 0 amide bonds. The van der Waals surface area contributed by atoms with Crippen molar-refractivity contribution < 1.29 is 20.1 Å². The summed E-state index contributed by atoms with van der Waals surface area (Å²) in [6.07, 6.45) is -1.80. The summed E-state index contributed by atoms with van der Waals surface area (Å²) in [7, 11) is 0. The molecule has 0 spiro atoms. The minimum Gasteiger partial charge on any atom is -0.478 e. The van der Waals surface area contributed by atoms with Gasteiger partial charge in [0, 0.05) is 5.33 Å². The van der Waals surface area contributed by atoms with Crippen LogP contribution in [0.4, 0.5) is 0 Å². The summed E-state index contributed by atoms with van der Waals surface area (Å²) in [5.41, 5.74) is 1.12. The van der Waals surface area contributed by atoms with Gasteiger partial charge in [-0.05, 0) is 25.0 Å². The molecule has 1 aromatic carbocycles. The molecular formula is C12H15BrO4. The van der Waals surface area contributed by atoms with E-state index < -0.39 is 18.2 Å². The van der Waals surface area contributed by atoms with Crippen LogP contribution >= 0.6 is 15.9 Å². The summed E-state index contributed by atoms with van der Waals surface area (Å²) in [5.74, 6) is -1.11. The largest absolute Gasteiger partial charge is 0.478 e. The van der Waals surface area contributed by atoms with E-state index in [9.17, 15) is 15.0 Å². The third-order valence-corrected chi connectivity index (χ3v) is 2.98. The highest BCUT2D eigenvalue weighted by Gasteiger charge is 2.23. The molecule has 4 nitrogen and oxygen atoms in total. The van der Waals surface area contributed by atoms with E-state index in [2.05, 4.69) is 15.9 Å². The zero-order chi connectivity index (χ0) is 13.0. The highest BCUT2D eigenvalue weighted by Crippen LogP contribution is 2.24. The zero-order valence-corrected chi connectivity index (χ0v) is 11.0. The molecule has 17 heavy (non-hydrogen) atoms. The number of aliphatic hydroxyl groups excluding tert-OH is 2. The van der Waals surface area contributed by atoms with E-state index in [1.165, 1.54) is 6.07 Å². The zero-order valence-electron chi connectivity index (χ0n) is 9.43. The molecule has 0 aliphatic carbocycles. The number of aliphatic hydroxyl groups is 2. The number of benzene rings is 1. The summed E-state index contributed by atoms with van der Waals surface area (Å²) in [4.78, 5) is 11.0. The van der Waals surface area contributed by atoms with E-state index in [-0.39, 0.29) is 11.1 Å². The smallest absolute Gasteiger partial charge is 0.336 e. The van der Waals surface area contributed by atoms with Crippen molar-refractivity contribution in [3.63, 3.8) is 0 Å². The molecule has 0 saturated heterocycles. The third kappa shape index (κ3) is 3.52. The number of alkyl halides is 1. The van der Waals surface area contributed by atoms with Gasteiger partial charge >= 0.3 is 5.97 Å². The first kappa shape index (κ1) is 14.2. The van der Waals surface area contributed by atoms with Crippen molar-refractivity contribution in [3.05, 3.63) is 34.9 Å². The fourth-order valence-electron chi connectivity index (χ4n) is 1.60. The Balaban J connectivity index is 3.10. The molecule has 3 N–H and O–H groups in total. The maximum Gasteiger partial charge on any atom is 0.336 e. The van der Waals surface area contributed by atoms with Crippen LogP contribution in [0.3, 0.4) is 0 Å². The molecule has 0 aliphatic rings. The second-order valence-corrected chi connectivity index (χ2v) is 4.68. The highest BCUT2D eigenvalue weighted by molar-refractivity contribution is 9.09. The summed E-state index contributed by atoms with van der Waals surface area (Å²) >= 11 is 3.17. The number of halogens is 1. The molecule has 2 unspecified atom stereocenters. The minimum absolute atomic E-state index is 0.0247. The fraction of sp³-hybridized carbons (Fsp3) is 0.417. The topological polar surface area (TPSA) is 77.8 Å².